The zero-order chi connectivity index (χ0) is 12.5. The van der Waals surface area contributed by atoms with Crippen LogP contribution in [-0.2, 0) is 12.8 Å². The molecular weight excluding hydrogens is 250 g/mol. The van der Waals surface area contributed by atoms with Crippen LogP contribution in [0.4, 0.5) is 0 Å². The van der Waals surface area contributed by atoms with Crippen LogP contribution in [0.15, 0.2) is 18.2 Å². The Labute approximate surface area is 110 Å². The van der Waals surface area contributed by atoms with Crippen LogP contribution in [0, 0.1) is 0 Å². The molecule has 0 saturated carbocycles. The van der Waals surface area contributed by atoms with Gasteiger partial charge in [-0.1, -0.05) is 11.6 Å². The van der Waals surface area contributed by atoms with Crippen molar-refractivity contribution >= 4 is 11.6 Å². The number of benzene rings is 1. The van der Waals surface area contributed by atoms with Crippen LogP contribution in [-0.4, -0.2) is 23.1 Å². The first-order valence-corrected chi connectivity index (χ1v) is 6.36. The summed E-state index contributed by atoms with van der Waals surface area (Å²) in [7, 11) is 0. The van der Waals surface area contributed by atoms with Crippen LogP contribution in [0.5, 0.6) is 5.75 Å². The number of aromatic nitrogens is 2. The van der Waals surface area contributed by atoms with Gasteiger partial charge in [-0.3, -0.25) is 0 Å². The lowest BCUT2D eigenvalue weighted by atomic mass is 10.1. The minimum absolute atomic E-state index is 0.557. The molecule has 3 rings (SSSR count). The Kier molecular flexibility index (Phi) is 2.97. The normalized spacial score (nSPS) is 13.4. The fraction of sp³-hybridized carbons (Fsp3) is 0.308. The third kappa shape index (κ3) is 1.98. The van der Waals surface area contributed by atoms with Gasteiger partial charge >= 0.3 is 0 Å². The molecule has 0 unspecified atom stereocenters. The summed E-state index contributed by atoms with van der Waals surface area (Å²) in [6.07, 6.45) is 1.65. The summed E-state index contributed by atoms with van der Waals surface area (Å²) < 4.78 is 5.49. The Bertz CT molecular complexity index is 580. The molecule has 0 fully saturated rings. The molecule has 0 atom stereocenters. The third-order valence-electron chi connectivity index (χ3n) is 3.05. The molecule has 0 saturated heterocycles. The van der Waals surface area contributed by atoms with E-state index in [0.29, 0.717) is 18.1 Å². The number of nitrogens with one attached hydrogen (secondary N) is 1. The average Bonchev–Trinajstić information content (AvgIpc) is 2.95. The third-order valence-corrected chi connectivity index (χ3v) is 3.33. The second-order valence-corrected chi connectivity index (χ2v) is 4.68. The minimum Gasteiger partial charge on any atom is -0.493 e. The van der Waals surface area contributed by atoms with E-state index in [9.17, 15) is 0 Å². The zero-order valence-corrected chi connectivity index (χ0v) is 10.6. The highest BCUT2D eigenvalue weighted by Crippen LogP contribution is 2.32. The zero-order valence-electron chi connectivity index (χ0n) is 9.87. The van der Waals surface area contributed by atoms with Gasteiger partial charge in [0, 0.05) is 18.4 Å². The van der Waals surface area contributed by atoms with E-state index < -0.39 is 0 Å². The van der Waals surface area contributed by atoms with E-state index >= 15 is 0 Å². The van der Waals surface area contributed by atoms with Gasteiger partial charge in [-0.2, -0.15) is 0 Å². The molecule has 1 aromatic heterocycles. The second-order valence-electron chi connectivity index (χ2n) is 4.31. The molecule has 0 amide bonds. The number of H-pyrrole nitrogens is 1. The van der Waals surface area contributed by atoms with E-state index in [2.05, 4.69) is 16.0 Å². The van der Waals surface area contributed by atoms with Crippen LogP contribution in [0.3, 0.4) is 0 Å². The first-order valence-electron chi connectivity index (χ1n) is 5.98. The molecular formula is C13H14ClN3O. The van der Waals surface area contributed by atoms with Crippen molar-refractivity contribution in [2.75, 3.05) is 13.2 Å². The largest absolute Gasteiger partial charge is 0.493 e. The minimum atomic E-state index is 0.557. The summed E-state index contributed by atoms with van der Waals surface area (Å²) in [5.74, 6) is 1.79. The molecule has 5 heteroatoms. The number of hydrogen-bond acceptors (Lipinski definition) is 3. The summed E-state index contributed by atoms with van der Waals surface area (Å²) in [4.78, 5) is 7.54. The van der Waals surface area contributed by atoms with Crippen LogP contribution < -0.4 is 10.5 Å². The predicted octanol–water partition coefficient (Wildman–Crippen LogP) is 2.17. The van der Waals surface area contributed by atoms with Crippen molar-refractivity contribution in [1.29, 1.82) is 0 Å². The van der Waals surface area contributed by atoms with Gasteiger partial charge < -0.3 is 15.5 Å². The molecule has 94 valence electrons. The molecule has 0 radical (unpaired) electrons. The quantitative estimate of drug-likeness (QED) is 0.892. The van der Waals surface area contributed by atoms with Crippen molar-refractivity contribution in [2.45, 2.75) is 12.8 Å². The number of ether oxygens (including phenoxy) is 1. The average molecular weight is 264 g/mol. The van der Waals surface area contributed by atoms with Crippen molar-refractivity contribution in [2.24, 2.45) is 5.73 Å². The standard InChI is InChI=1S/C13H14ClN3O/c14-13-12(16-11(17-13)3-5-15)9-1-2-10-8(7-9)4-6-18-10/h1-2,7H,3-6,15H2,(H,16,17). The first kappa shape index (κ1) is 11.6. The predicted molar refractivity (Wildman–Crippen MR) is 71.0 cm³/mol. The summed E-state index contributed by atoms with van der Waals surface area (Å²) in [6, 6.07) is 6.06. The van der Waals surface area contributed by atoms with Crippen molar-refractivity contribution < 1.29 is 4.74 Å². The summed E-state index contributed by atoms with van der Waals surface area (Å²) in [5, 5.41) is 0.567. The first-order chi connectivity index (χ1) is 8.78. The molecule has 1 aromatic carbocycles. The number of nitrogens with zero attached hydrogens (tertiary/aromatic N) is 1. The van der Waals surface area contributed by atoms with E-state index in [1.165, 1.54) is 5.56 Å². The van der Waals surface area contributed by atoms with Crippen LogP contribution in [0.1, 0.15) is 11.4 Å². The number of hydrogen-bond donors (Lipinski definition) is 2. The summed E-state index contributed by atoms with van der Waals surface area (Å²) in [6.45, 7) is 1.31. The van der Waals surface area contributed by atoms with E-state index in [0.717, 1.165) is 35.9 Å². The lowest BCUT2D eigenvalue weighted by Gasteiger charge is -2.01. The van der Waals surface area contributed by atoms with E-state index in [1.807, 2.05) is 12.1 Å². The Morgan fingerprint density at radius 2 is 2.33 bits per heavy atom. The van der Waals surface area contributed by atoms with Crippen molar-refractivity contribution in [1.82, 2.24) is 9.97 Å². The smallest absolute Gasteiger partial charge is 0.134 e. The van der Waals surface area contributed by atoms with Crippen LogP contribution in [0.2, 0.25) is 5.15 Å². The van der Waals surface area contributed by atoms with Gasteiger partial charge in [-0.15, -0.1) is 0 Å². The van der Waals surface area contributed by atoms with E-state index in [-0.39, 0.29) is 0 Å². The molecule has 2 heterocycles. The van der Waals surface area contributed by atoms with Crippen LogP contribution in [0.25, 0.3) is 11.3 Å². The van der Waals surface area contributed by atoms with Gasteiger partial charge in [-0.25, -0.2) is 4.98 Å². The number of halogens is 1. The van der Waals surface area contributed by atoms with Crippen molar-refractivity contribution in [3.8, 4) is 17.0 Å². The maximum atomic E-state index is 6.18. The van der Waals surface area contributed by atoms with Gasteiger partial charge in [0.25, 0.3) is 0 Å². The Morgan fingerprint density at radius 1 is 1.44 bits per heavy atom. The molecule has 3 N–H and O–H groups in total. The Balaban J connectivity index is 1.99. The summed E-state index contributed by atoms with van der Waals surface area (Å²) in [5.41, 5.74) is 8.53. The monoisotopic (exact) mass is 263 g/mol. The van der Waals surface area contributed by atoms with E-state index in [4.69, 9.17) is 22.1 Å². The molecule has 18 heavy (non-hydrogen) atoms. The van der Waals surface area contributed by atoms with Crippen LogP contribution >= 0.6 is 11.6 Å². The van der Waals surface area contributed by atoms with Crippen molar-refractivity contribution in [3.05, 3.63) is 34.7 Å². The Hall–Kier alpha value is -1.52. The number of aromatic amines is 1. The van der Waals surface area contributed by atoms with Gasteiger partial charge in [0.2, 0.25) is 0 Å². The molecule has 0 bridgehead atoms. The number of rotatable bonds is 3. The highest BCUT2D eigenvalue weighted by atomic mass is 35.5. The maximum absolute atomic E-state index is 6.18. The molecule has 0 spiro atoms. The fourth-order valence-corrected chi connectivity index (χ4v) is 2.44. The molecule has 1 aliphatic heterocycles. The highest BCUT2D eigenvalue weighted by molar-refractivity contribution is 6.31. The lowest BCUT2D eigenvalue weighted by molar-refractivity contribution is 0.357. The molecule has 0 aliphatic carbocycles. The maximum Gasteiger partial charge on any atom is 0.134 e. The SMILES string of the molecule is NCCc1nc(-c2ccc3c(c2)CCO3)c(Cl)[nH]1. The topological polar surface area (TPSA) is 63.9 Å². The second kappa shape index (κ2) is 4.63. The summed E-state index contributed by atoms with van der Waals surface area (Å²) >= 11 is 6.18. The Morgan fingerprint density at radius 3 is 3.17 bits per heavy atom. The van der Waals surface area contributed by atoms with Gasteiger partial charge in [-0.05, 0) is 30.3 Å². The molecule has 2 aromatic rings. The molecule has 1 aliphatic rings. The van der Waals surface area contributed by atoms with Gasteiger partial charge in [0.1, 0.15) is 22.4 Å². The lowest BCUT2D eigenvalue weighted by Crippen LogP contribution is -2.03. The molecule has 4 nitrogen and oxygen atoms in total. The van der Waals surface area contributed by atoms with Crippen molar-refractivity contribution in [3.63, 3.8) is 0 Å². The number of fused-ring (bicyclic) bond motifs is 1. The number of imidazole rings is 1. The highest BCUT2D eigenvalue weighted by Gasteiger charge is 2.16. The van der Waals surface area contributed by atoms with Gasteiger partial charge in [0.15, 0.2) is 0 Å². The van der Waals surface area contributed by atoms with Gasteiger partial charge in [0.05, 0.1) is 6.61 Å². The number of nitrogens with two attached hydrogens (primary N) is 1. The fourth-order valence-electron chi connectivity index (χ4n) is 2.18. The van der Waals surface area contributed by atoms with E-state index in [1.54, 1.807) is 0 Å².